The molecule has 0 saturated carbocycles. The minimum atomic E-state index is -0.161. The molecule has 0 radical (unpaired) electrons. The van der Waals surface area contributed by atoms with Crippen molar-refractivity contribution in [2.45, 2.75) is 6.54 Å². The third kappa shape index (κ3) is 5.44. The van der Waals surface area contributed by atoms with Gasteiger partial charge in [0.1, 0.15) is 17.2 Å². The van der Waals surface area contributed by atoms with Gasteiger partial charge >= 0.3 is 0 Å². The summed E-state index contributed by atoms with van der Waals surface area (Å²) >= 11 is 0. The van der Waals surface area contributed by atoms with Gasteiger partial charge in [0.15, 0.2) is 18.1 Å². The van der Waals surface area contributed by atoms with Gasteiger partial charge < -0.3 is 28.6 Å². The van der Waals surface area contributed by atoms with Crippen molar-refractivity contribution in [3.05, 3.63) is 42.0 Å². The van der Waals surface area contributed by atoms with Crippen molar-refractivity contribution in [3.8, 4) is 28.7 Å². The Morgan fingerprint density at radius 1 is 0.815 bits per heavy atom. The number of amides is 1. The summed E-state index contributed by atoms with van der Waals surface area (Å²) in [5, 5.41) is 0. The Balaban J connectivity index is 1.98. The van der Waals surface area contributed by atoms with Crippen LogP contribution in [0.25, 0.3) is 0 Å². The molecule has 0 N–H and O–H groups in total. The second-order valence-corrected chi connectivity index (χ2v) is 5.78. The van der Waals surface area contributed by atoms with Gasteiger partial charge in [-0.25, -0.2) is 0 Å². The maximum absolute atomic E-state index is 12.4. The number of methoxy groups -OCH3 is 4. The number of likely N-dealkylation sites (N-methyl/N-ethyl adjacent to an activating group) is 1. The number of benzene rings is 2. The SMILES string of the molecule is COc1cc(OC)cc(OCC(=O)N(C)Cc2ccc(OC)c(OC)c2)c1. The molecule has 7 nitrogen and oxygen atoms in total. The van der Waals surface area contributed by atoms with Gasteiger partial charge in [0.2, 0.25) is 0 Å². The molecule has 0 spiro atoms. The first-order valence-electron chi connectivity index (χ1n) is 8.31. The molecule has 0 unspecified atom stereocenters. The Labute approximate surface area is 159 Å². The van der Waals surface area contributed by atoms with E-state index in [-0.39, 0.29) is 12.5 Å². The van der Waals surface area contributed by atoms with Crippen molar-refractivity contribution >= 4 is 5.91 Å². The Bertz CT molecular complexity index is 755. The average Bonchev–Trinajstić information content (AvgIpc) is 2.71. The Morgan fingerprint density at radius 2 is 1.41 bits per heavy atom. The first-order chi connectivity index (χ1) is 13.0. The number of nitrogens with zero attached hydrogens (tertiary/aromatic N) is 1. The quantitative estimate of drug-likeness (QED) is 0.671. The van der Waals surface area contributed by atoms with Crippen molar-refractivity contribution in [2.75, 3.05) is 42.1 Å². The zero-order valence-electron chi connectivity index (χ0n) is 16.3. The van der Waals surface area contributed by atoms with Crippen molar-refractivity contribution in [2.24, 2.45) is 0 Å². The highest BCUT2D eigenvalue weighted by molar-refractivity contribution is 5.77. The zero-order valence-corrected chi connectivity index (χ0v) is 16.3. The molecule has 0 bridgehead atoms. The lowest BCUT2D eigenvalue weighted by Crippen LogP contribution is -2.30. The minimum Gasteiger partial charge on any atom is -0.496 e. The van der Waals surface area contributed by atoms with Crippen LogP contribution in [0.2, 0.25) is 0 Å². The molecule has 2 aromatic rings. The summed E-state index contributed by atoms with van der Waals surface area (Å²) in [6.45, 7) is 0.324. The lowest BCUT2D eigenvalue weighted by atomic mass is 10.2. The molecule has 0 aliphatic heterocycles. The van der Waals surface area contributed by atoms with Crippen LogP contribution in [0.5, 0.6) is 28.7 Å². The third-order valence-corrected chi connectivity index (χ3v) is 3.98. The lowest BCUT2D eigenvalue weighted by Gasteiger charge is -2.19. The van der Waals surface area contributed by atoms with Crippen LogP contribution in [-0.2, 0) is 11.3 Å². The van der Waals surface area contributed by atoms with E-state index in [9.17, 15) is 4.79 Å². The molecular formula is C20H25NO6. The normalized spacial score (nSPS) is 10.1. The number of hydrogen-bond donors (Lipinski definition) is 0. The molecule has 0 saturated heterocycles. The van der Waals surface area contributed by atoms with E-state index in [2.05, 4.69) is 0 Å². The summed E-state index contributed by atoms with van der Waals surface area (Å²) in [4.78, 5) is 14.0. The van der Waals surface area contributed by atoms with Gasteiger partial charge in [-0.1, -0.05) is 6.07 Å². The molecule has 0 heterocycles. The highest BCUT2D eigenvalue weighted by Gasteiger charge is 2.13. The van der Waals surface area contributed by atoms with E-state index >= 15 is 0 Å². The molecule has 27 heavy (non-hydrogen) atoms. The Morgan fingerprint density at radius 3 is 1.96 bits per heavy atom. The first kappa shape index (κ1) is 20.2. The van der Waals surface area contributed by atoms with Gasteiger partial charge in [-0.2, -0.15) is 0 Å². The molecule has 0 atom stereocenters. The average molecular weight is 375 g/mol. The molecule has 0 aliphatic carbocycles. The fraction of sp³-hybridized carbons (Fsp3) is 0.350. The van der Waals surface area contributed by atoms with Crippen molar-refractivity contribution in [1.82, 2.24) is 4.90 Å². The number of carbonyl (C=O) groups is 1. The number of hydrogen-bond acceptors (Lipinski definition) is 6. The molecule has 1 amide bonds. The van der Waals surface area contributed by atoms with Crippen LogP contribution in [-0.4, -0.2) is 52.9 Å². The van der Waals surface area contributed by atoms with Crippen LogP contribution in [0.4, 0.5) is 0 Å². The first-order valence-corrected chi connectivity index (χ1v) is 8.31. The minimum absolute atomic E-state index is 0.0971. The van der Waals surface area contributed by atoms with Crippen LogP contribution < -0.4 is 23.7 Å². The van der Waals surface area contributed by atoms with Gasteiger partial charge in [-0.05, 0) is 17.7 Å². The van der Waals surface area contributed by atoms with Crippen LogP contribution >= 0.6 is 0 Å². The molecule has 0 aromatic heterocycles. The fourth-order valence-electron chi connectivity index (χ4n) is 2.46. The molecular weight excluding hydrogens is 350 g/mol. The maximum atomic E-state index is 12.4. The highest BCUT2D eigenvalue weighted by atomic mass is 16.5. The van der Waals surface area contributed by atoms with E-state index in [1.54, 1.807) is 58.6 Å². The smallest absolute Gasteiger partial charge is 0.260 e. The molecule has 0 aliphatic rings. The molecule has 146 valence electrons. The Hall–Kier alpha value is -3.09. The summed E-state index contributed by atoms with van der Waals surface area (Å²) in [6, 6.07) is 10.7. The van der Waals surface area contributed by atoms with Gasteiger partial charge in [0, 0.05) is 31.8 Å². The number of ether oxygens (including phenoxy) is 5. The van der Waals surface area contributed by atoms with E-state index in [0.29, 0.717) is 35.3 Å². The van der Waals surface area contributed by atoms with E-state index in [1.807, 2.05) is 18.2 Å². The molecule has 0 fully saturated rings. The number of carbonyl (C=O) groups excluding carboxylic acids is 1. The van der Waals surface area contributed by atoms with Crippen LogP contribution in [0.3, 0.4) is 0 Å². The summed E-state index contributed by atoms with van der Waals surface area (Å²) in [5.74, 6) is 2.79. The van der Waals surface area contributed by atoms with Gasteiger partial charge in [-0.15, -0.1) is 0 Å². The van der Waals surface area contributed by atoms with Crippen molar-refractivity contribution < 1.29 is 28.5 Å². The van der Waals surface area contributed by atoms with E-state index in [1.165, 1.54) is 0 Å². The summed E-state index contributed by atoms with van der Waals surface area (Å²) in [5.41, 5.74) is 0.923. The van der Waals surface area contributed by atoms with Crippen molar-refractivity contribution in [3.63, 3.8) is 0 Å². The van der Waals surface area contributed by atoms with E-state index < -0.39 is 0 Å². The molecule has 2 aromatic carbocycles. The van der Waals surface area contributed by atoms with E-state index in [0.717, 1.165) is 5.56 Å². The van der Waals surface area contributed by atoms with Gasteiger partial charge in [0.05, 0.1) is 28.4 Å². The van der Waals surface area contributed by atoms with Crippen LogP contribution in [0.1, 0.15) is 5.56 Å². The van der Waals surface area contributed by atoms with E-state index in [4.69, 9.17) is 23.7 Å². The van der Waals surface area contributed by atoms with Gasteiger partial charge in [0.25, 0.3) is 5.91 Å². The lowest BCUT2D eigenvalue weighted by molar-refractivity contribution is -0.132. The predicted octanol–water partition coefficient (Wildman–Crippen LogP) is 2.76. The van der Waals surface area contributed by atoms with Crippen LogP contribution in [0, 0.1) is 0 Å². The summed E-state index contributed by atoms with van der Waals surface area (Å²) in [6.07, 6.45) is 0. The molecule has 2 rings (SSSR count). The van der Waals surface area contributed by atoms with Gasteiger partial charge in [-0.3, -0.25) is 4.79 Å². The Kier molecular flexibility index (Phi) is 7.16. The topological polar surface area (TPSA) is 66.5 Å². The monoisotopic (exact) mass is 375 g/mol. The largest absolute Gasteiger partial charge is 0.496 e. The third-order valence-electron chi connectivity index (χ3n) is 3.98. The second kappa shape index (κ2) is 9.56. The summed E-state index contributed by atoms with van der Waals surface area (Å²) < 4.78 is 26.5. The number of rotatable bonds is 9. The second-order valence-electron chi connectivity index (χ2n) is 5.78. The maximum Gasteiger partial charge on any atom is 0.260 e. The molecule has 7 heteroatoms. The van der Waals surface area contributed by atoms with Crippen LogP contribution in [0.15, 0.2) is 36.4 Å². The predicted molar refractivity (Wildman–Crippen MR) is 101 cm³/mol. The summed E-state index contributed by atoms with van der Waals surface area (Å²) in [7, 11) is 7.99. The fourth-order valence-corrected chi connectivity index (χ4v) is 2.46. The highest BCUT2D eigenvalue weighted by Crippen LogP contribution is 2.28. The van der Waals surface area contributed by atoms with Crippen molar-refractivity contribution in [1.29, 1.82) is 0 Å². The standard InChI is InChI=1S/C20H25NO6/c1-21(12-14-6-7-18(25-4)19(8-14)26-5)20(22)13-27-17-10-15(23-2)9-16(11-17)24-3/h6-11H,12-13H2,1-5H3. The zero-order chi connectivity index (χ0) is 19.8.